The Balaban J connectivity index is 1.24. The summed E-state index contributed by atoms with van der Waals surface area (Å²) in [7, 11) is 0. The average molecular weight is 509 g/mol. The molecule has 0 spiro atoms. The highest BCUT2D eigenvalue weighted by Gasteiger charge is 2.36. The molecule has 1 saturated heterocycles. The lowest BCUT2D eigenvalue weighted by Gasteiger charge is -2.16. The van der Waals surface area contributed by atoms with Crippen LogP contribution in [0.5, 0.6) is 11.5 Å². The van der Waals surface area contributed by atoms with Gasteiger partial charge in [0.2, 0.25) is 5.91 Å². The lowest BCUT2D eigenvalue weighted by molar-refractivity contribution is -0.151. The first kappa shape index (κ1) is 22.5. The van der Waals surface area contributed by atoms with Gasteiger partial charge < -0.3 is 19.7 Å². The zero-order valence-electron chi connectivity index (χ0n) is 17.6. The van der Waals surface area contributed by atoms with Crippen LogP contribution in [0.2, 0.25) is 0 Å². The second-order valence-corrected chi connectivity index (χ2v) is 8.39. The molecule has 0 bridgehead atoms. The summed E-state index contributed by atoms with van der Waals surface area (Å²) in [6.45, 7) is -0.201. The molecule has 3 aromatic rings. The zero-order valence-corrected chi connectivity index (χ0v) is 19.2. The third-order valence-electron chi connectivity index (χ3n) is 5.06. The predicted molar refractivity (Wildman–Crippen MR) is 127 cm³/mol. The Morgan fingerprint density at radius 2 is 1.61 bits per heavy atom. The molecule has 3 aromatic carbocycles. The van der Waals surface area contributed by atoms with E-state index in [0.717, 1.165) is 10.2 Å². The van der Waals surface area contributed by atoms with Crippen LogP contribution in [-0.2, 0) is 19.1 Å². The van der Waals surface area contributed by atoms with E-state index in [1.807, 2.05) is 42.5 Å². The van der Waals surface area contributed by atoms with Crippen molar-refractivity contribution in [3.05, 3.63) is 83.3 Å². The minimum Gasteiger partial charge on any atom is -0.457 e. The van der Waals surface area contributed by atoms with Gasteiger partial charge in [-0.1, -0.05) is 34.1 Å². The first-order valence-corrected chi connectivity index (χ1v) is 11.1. The average Bonchev–Trinajstić information content (AvgIpc) is 3.21. The molecule has 33 heavy (non-hydrogen) atoms. The monoisotopic (exact) mass is 508 g/mol. The third-order valence-corrected chi connectivity index (χ3v) is 5.59. The minimum atomic E-state index is -0.608. The molecule has 0 radical (unpaired) electrons. The molecule has 0 saturated carbocycles. The van der Waals surface area contributed by atoms with Crippen molar-refractivity contribution in [1.29, 1.82) is 0 Å². The summed E-state index contributed by atoms with van der Waals surface area (Å²) in [6.07, 6.45) is 0.0550. The van der Waals surface area contributed by atoms with Gasteiger partial charge in [0.05, 0.1) is 5.92 Å². The maximum absolute atomic E-state index is 12.4. The Kier molecular flexibility index (Phi) is 7.04. The number of hydrogen-bond donors (Lipinski definition) is 1. The van der Waals surface area contributed by atoms with Crippen LogP contribution in [0, 0.1) is 5.92 Å². The topological polar surface area (TPSA) is 84.9 Å². The molecule has 0 aliphatic carbocycles. The summed E-state index contributed by atoms with van der Waals surface area (Å²) in [4.78, 5) is 38.4. The third kappa shape index (κ3) is 5.98. The second kappa shape index (κ2) is 10.3. The molecular weight excluding hydrogens is 488 g/mol. The molecular formula is C25H21BrN2O5. The first-order valence-electron chi connectivity index (χ1n) is 10.3. The van der Waals surface area contributed by atoms with E-state index < -0.39 is 24.4 Å². The van der Waals surface area contributed by atoms with Gasteiger partial charge in [-0.3, -0.25) is 14.4 Å². The molecule has 0 aromatic heterocycles. The van der Waals surface area contributed by atoms with Crippen molar-refractivity contribution in [3.63, 3.8) is 0 Å². The highest BCUT2D eigenvalue weighted by molar-refractivity contribution is 9.10. The summed E-state index contributed by atoms with van der Waals surface area (Å²) in [5, 5.41) is 2.67. The smallest absolute Gasteiger partial charge is 0.311 e. The van der Waals surface area contributed by atoms with Crippen molar-refractivity contribution < 1.29 is 23.9 Å². The van der Waals surface area contributed by atoms with Gasteiger partial charge in [-0.05, 0) is 60.7 Å². The number of rotatable bonds is 7. The van der Waals surface area contributed by atoms with Crippen LogP contribution in [0.1, 0.15) is 6.42 Å². The number of amides is 2. The Bertz CT molecular complexity index is 1130. The number of esters is 1. The van der Waals surface area contributed by atoms with Crippen LogP contribution in [0.4, 0.5) is 11.4 Å². The van der Waals surface area contributed by atoms with Gasteiger partial charge in [-0.15, -0.1) is 0 Å². The molecule has 1 N–H and O–H groups in total. The van der Waals surface area contributed by atoms with Crippen LogP contribution >= 0.6 is 15.9 Å². The lowest BCUT2D eigenvalue weighted by atomic mass is 10.1. The standard InChI is InChI=1S/C25H21BrN2O5/c26-18-6-10-20(11-7-18)28-15-17(14-24(28)30)25(31)32-16-23(29)27-19-8-12-22(13-9-19)33-21-4-2-1-3-5-21/h1-13,17H,14-16H2,(H,27,29)/t17-/m1/s1. The van der Waals surface area contributed by atoms with Crippen LogP contribution in [0.3, 0.4) is 0 Å². The number of anilines is 2. The number of carbonyl (C=O) groups is 3. The summed E-state index contributed by atoms with van der Waals surface area (Å²) < 4.78 is 11.8. The van der Waals surface area contributed by atoms with Crippen molar-refractivity contribution in [1.82, 2.24) is 0 Å². The summed E-state index contributed by atoms with van der Waals surface area (Å²) >= 11 is 3.36. The van der Waals surface area contributed by atoms with Gasteiger partial charge in [0, 0.05) is 28.8 Å². The normalized spacial score (nSPS) is 15.2. The number of carbonyl (C=O) groups excluding carboxylic acids is 3. The number of nitrogens with zero attached hydrogens (tertiary/aromatic N) is 1. The number of ether oxygens (including phenoxy) is 2. The number of para-hydroxylation sites is 1. The molecule has 1 aliphatic heterocycles. The molecule has 8 heteroatoms. The van der Waals surface area contributed by atoms with Gasteiger partial charge in [0.15, 0.2) is 6.61 Å². The van der Waals surface area contributed by atoms with Crippen LogP contribution in [-0.4, -0.2) is 30.9 Å². The first-order chi connectivity index (χ1) is 16.0. The van der Waals surface area contributed by atoms with Gasteiger partial charge in [-0.2, -0.15) is 0 Å². The molecule has 0 unspecified atom stereocenters. The SMILES string of the molecule is O=C(COC(=O)[C@@H]1CC(=O)N(c2ccc(Br)cc2)C1)Nc1ccc(Oc2ccccc2)cc1. The van der Waals surface area contributed by atoms with E-state index >= 15 is 0 Å². The van der Waals surface area contributed by atoms with E-state index in [-0.39, 0.29) is 18.9 Å². The molecule has 2 amide bonds. The molecule has 4 rings (SSSR count). The highest BCUT2D eigenvalue weighted by Crippen LogP contribution is 2.27. The van der Waals surface area contributed by atoms with E-state index in [2.05, 4.69) is 21.2 Å². The Morgan fingerprint density at radius 3 is 2.30 bits per heavy atom. The van der Waals surface area contributed by atoms with E-state index in [0.29, 0.717) is 17.2 Å². The quantitative estimate of drug-likeness (QED) is 0.464. The summed E-state index contributed by atoms with van der Waals surface area (Å²) in [6, 6.07) is 23.5. The molecule has 168 valence electrons. The van der Waals surface area contributed by atoms with Crippen molar-refractivity contribution in [2.24, 2.45) is 5.92 Å². The lowest BCUT2D eigenvalue weighted by Crippen LogP contribution is -2.28. The molecule has 1 aliphatic rings. The van der Waals surface area contributed by atoms with Gasteiger partial charge in [-0.25, -0.2) is 0 Å². The van der Waals surface area contributed by atoms with Crippen molar-refractivity contribution in [2.75, 3.05) is 23.4 Å². The summed E-state index contributed by atoms with van der Waals surface area (Å²) in [5.41, 5.74) is 1.27. The minimum absolute atomic E-state index is 0.0550. The van der Waals surface area contributed by atoms with E-state index in [4.69, 9.17) is 9.47 Å². The maximum atomic E-state index is 12.4. The number of benzene rings is 3. The van der Waals surface area contributed by atoms with Gasteiger partial charge >= 0.3 is 5.97 Å². The molecule has 7 nitrogen and oxygen atoms in total. The van der Waals surface area contributed by atoms with Crippen molar-refractivity contribution >= 4 is 45.1 Å². The number of hydrogen-bond acceptors (Lipinski definition) is 5. The number of nitrogens with one attached hydrogen (secondary N) is 1. The van der Waals surface area contributed by atoms with Crippen molar-refractivity contribution in [2.45, 2.75) is 6.42 Å². The fourth-order valence-corrected chi connectivity index (χ4v) is 3.68. The Morgan fingerprint density at radius 1 is 0.939 bits per heavy atom. The van der Waals surface area contributed by atoms with E-state index in [1.54, 1.807) is 41.3 Å². The summed E-state index contributed by atoms with van der Waals surface area (Å²) in [5.74, 6) is -0.444. The predicted octanol–water partition coefficient (Wildman–Crippen LogP) is 4.78. The maximum Gasteiger partial charge on any atom is 0.311 e. The highest BCUT2D eigenvalue weighted by atomic mass is 79.9. The van der Waals surface area contributed by atoms with E-state index in [9.17, 15) is 14.4 Å². The van der Waals surface area contributed by atoms with Crippen LogP contribution < -0.4 is 15.0 Å². The van der Waals surface area contributed by atoms with Crippen LogP contribution in [0.15, 0.2) is 83.3 Å². The Hall–Kier alpha value is -3.65. The molecule has 1 fully saturated rings. The Labute approximate surface area is 199 Å². The van der Waals surface area contributed by atoms with Crippen molar-refractivity contribution in [3.8, 4) is 11.5 Å². The van der Waals surface area contributed by atoms with Gasteiger partial charge in [0.1, 0.15) is 11.5 Å². The largest absolute Gasteiger partial charge is 0.457 e. The molecule has 1 heterocycles. The van der Waals surface area contributed by atoms with Gasteiger partial charge in [0.25, 0.3) is 5.91 Å². The zero-order chi connectivity index (χ0) is 23.2. The second-order valence-electron chi connectivity index (χ2n) is 7.48. The van der Waals surface area contributed by atoms with E-state index in [1.165, 1.54) is 0 Å². The van der Waals surface area contributed by atoms with Crippen LogP contribution in [0.25, 0.3) is 0 Å². The number of halogens is 1. The fourth-order valence-electron chi connectivity index (χ4n) is 3.42. The molecule has 1 atom stereocenters. The fraction of sp³-hybridized carbons (Fsp3) is 0.160.